The summed E-state index contributed by atoms with van der Waals surface area (Å²) in [6, 6.07) is 23.4. The van der Waals surface area contributed by atoms with Gasteiger partial charge in [-0.3, -0.25) is 9.59 Å². The second-order valence-electron chi connectivity index (χ2n) is 10.4. The van der Waals surface area contributed by atoms with Crippen molar-refractivity contribution in [1.82, 2.24) is 14.7 Å². The topological polar surface area (TPSA) is 43.9 Å². The third kappa shape index (κ3) is 5.90. The van der Waals surface area contributed by atoms with Crippen LogP contribution in [0.2, 0.25) is 10.0 Å². The van der Waals surface area contributed by atoms with E-state index < -0.39 is 0 Å². The molecule has 1 fully saturated rings. The number of carbonyl (C=O) groups is 2. The van der Waals surface area contributed by atoms with Gasteiger partial charge in [0.2, 0.25) is 0 Å². The van der Waals surface area contributed by atoms with Gasteiger partial charge in [0, 0.05) is 56.3 Å². The van der Waals surface area contributed by atoms with Crippen LogP contribution in [0.4, 0.5) is 0 Å². The highest BCUT2D eigenvalue weighted by Gasteiger charge is 2.34. The maximum Gasteiger partial charge on any atom is 0.254 e. The standard InChI is InChI=1S/C31H33Cl2N3O2/c1-34(30(37)22-7-3-2-4-8-22)20-24(23-11-12-28(32)29(33)19-23)13-16-35-17-14-26(15-18-35)36-21-25-9-5-6-10-27(25)31(36)38/h2-12,19,24,26H,13-18,20-21H2,1H3/t24-/m1/s1. The number of benzene rings is 3. The van der Waals surface area contributed by atoms with Crippen LogP contribution in [0.15, 0.2) is 72.8 Å². The van der Waals surface area contributed by atoms with Gasteiger partial charge in [-0.15, -0.1) is 0 Å². The number of amides is 2. The second kappa shape index (κ2) is 11.9. The van der Waals surface area contributed by atoms with Crippen molar-refractivity contribution in [1.29, 1.82) is 0 Å². The lowest BCUT2D eigenvalue weighted by atomic mass is 9.94. The van der Waals surface area contributed by atoms with Crippen LogP contribution in [0.25, 0.3) is 0 Å². The van der Waals surface area contributed by atoms with Gasteiger partial charge >= 0.3 is 0 Å². The van der Waals surface area contributed by atoms with Crippen LogP contribution in [0.3, 0.4) is 0 Å². The second-order valence-corrected chi connectivity index (χ2v) is 11.2. The Hall–Kier alpha value is -2.86. The Labute approximate surface area is 234 Å². The Morgan fingerprint density at radius 1 is 0.974 bits per heavy atom. The van der Waals surface area contributed by atoms with Crippen LogP contribution in [-0.4, -0.2) is 65.8 Å². The van der Waals surface area contributed by atoms with E-state index in [-0.39, 0.29) is 23.8 Å². The van der Waals surface area contributed by atoms with E-state index in [1.165, 1.54) is 0 Å². The molecule has 38 heavy (non-hydrogen) atoms. The van der Waals surface area contributed by atoms with Gasteiger partial charge in [-0.2, -0.15) is 0 Å². The Kier molecular flexibility index (Phi) is 8.37. The lowest BCUT2D eigenvalue weighted by molar-refractivity contribution is 0.0591. The average Bonchev–Trinajstić information content (AvgIpc) is 3.29. The predicted molar refractivity (Wildman–Crippen MR) is 153 cm³/mol. The SMILES string of the molecule is CN(C[C@@H](CCN1CCC(N2Cc3ccccc3C2=O)CC1)c1ccc(Cl)c(Cl)c1)C(=O)c1ccccc1. The molecule has 198 valence electrons. The first-order chi connectivity index (χ1) is 18.4. The van der Waals surface area contributed by atoms with Crippen molar-refractivity contribution < 1.29 is 9.59 Å². The van der Waals surface area contributed by atoms with Gasteiger partial charge in [-0.25, -0.2) is 0 Å². The fourth-order valence-corrected chi connectivity index (χ4v) is 6.02. The molecule has 0 N–H and O–H groups in total. The van der Waals surface area contributed by atoms with Crippen molar-refractivity contribution in [2.45, 2.75) is 37.8 Å². The number of likely N-dealkylation sites (N-methyl/N-ethyl adjacent to an activating group) is 1. The summed E-state index contributed by atoms with van der Waals surface area (Å²) in [6.45, 7) is 4.14. The molecular weight excluding hydrogens is 517 g/mol. The molecule has 2 aliphatic rings. The molecule has 5 rings (SSSR count). The number of hydrogen-bond donors (Lipinski definition) is 0. The average molecular weight is 551 g/mol. The largest absolute Gasteiger partial charge is 0.341 e. The molecule has 3 aromatic carbocycles. The zero-order valence-corrected chi connectivity index (χ0v) is 23.2. The highest BCUT2D eigenvalue weighted by Crippen LogP contribution is 2.31. The maximum absolute atomic E-state index is 13.0. The van der Waals surface area contributed by atoms with Crippen molar-refractivity contribution in [2.75, 3.05) is 33.2 Å². The zero-order valence-electron chi connectivity index (χ0n) is 21.7. The number of piperidine rings is 1. The molecule has 1 saturated heterocycles. The third-order valence-corrected chi connectivity index (χ3v) is 8.66. The Bertz CT molecular complexity index is 1290. The van der Waals surface area contributed by atoms with E-state index in [4.69, 9.17) is 23.2 Å². The first-order valence-electron chi connectivity index (χ1n) is 13.3. The normalized spacial score (nSPS) is 16.9. The summed E-state index contributed by atoms with van der Waals surface area (Å²) in [7, 11) is 1.86. The minimum absolute atomic E-state index is 0.00718. The quantitative estimate of drug-likeness (QED) is 0.328. The van der Waals surface area contributed by atoms with Crippen molar-refractivity contribution in [3.05, 3.63) is 105 Å². The van der Waals surface area contributed by atoms with Crippen LogP contribution >= 0.6 is 23.2 Å². The molecule has 2 amide bonds. The highest BCUT2D eigenvalue weighted by atomic mass is 35.5. The molecule has 2 heterocycles. The zero-order chi connectivity index (χ0) is 26.6. The van der Waals surface area contributed by atoms with Gasteiger partial charge in [0.25, 0.3) is 11.8 Å². The van der Waals surface area contributed by atoms with Crippen LogP contribution < -0.4 is 0 Å². The molecule has 0 spiro atoms. The molecule has 0 aromatic heterocycles. The summed E-state index contributed by atoms with van der Waals surface area (Å²) in [5.74, 6) is 0.299. The van der Waals surface area contributed by atoms with E-state index in [9.17, 15) is 9.59 Å². The first-order valence-corrected chi connectivity index (χ1v) is 14.0. The summed E-state index contributed by atoms with van der Waals surface area (Å²) in [5, 5.41) is 1.06. The number of rotatable bonds is 8. The summed E-state index contributed by atoms with van der Waals surface area (Å²) < 4.78 is 0. The minimum atomic E-state index is 0.00718. The predicted octanol–water partition coefficient (Wildman–Crippen LogP) is 6.36. The molecule has 2 aliphatic heterocycles. The molecule has 0 bridgehead atoms. The summed E-state index contributed by atoms with van der Waals surface area (Å²) in [5.41, 5.74) is 3.76. The van der Waals surface area contributed by atoms with Gasteiger partial charge in [0.15, 0.2) is 0 Å². The molecule has 0 aliphatic carbocycles. The lowest BCUT2D eigenvalue weighted by Crippen LogP contribution is -2.45. The lowest BCUT2D eigenvalue weighted by Gasteiger charge is -2.37. The van der Waals surface area contributed by atoms with Gasteiger partial charge in [0.05, 0.1) is 10.0 Å². The van der Waals surface area contributed by atoms with Crippen molar-refractivity contribution in [2.24, 2.45) is 0 Å². The van der Waals surface area contributed by atoms with Gasteiger partial charge < -0.3 is 14.7 Å². The van der Waals surface area contributed by atoms with E-state index in [1.54, 1.807) is 4.90 Å². The van der Waals surface area contributed by atoms with E-state index >= 15 is 0 Å². The molecular formula is C31H33Cl2N3O2. The van der Waals surface area contributed by atoms with Crippen LogP contribution in [0, 0.1) is 0 Å². The number of hydrogen-bond acceptors (Lipinski definition) is 3. The van der Waals surface area contributed by atoms with E-state index in [2.05, 4.69) is 15.9 Å². The smallest absolute Gasteiger partial charge is 0.254 e. The molecule has 0 saturated carbocycles. The summed E-state index contributed by atoms with van der Waals surface area (Å²) >= 11 is 12.6. The highest BCUT2D eigenvalue weighted by molar-refractivity contribution is 6.42. The third-order valence-electron chi connectivity index (χ3n) is 7.92. The van der Waals surface area contributed by atoms with Crippen molar-refractivity contribution in [3.63, 3.8) is 0 Å². The fraction of sp³-hybridized carbons (Fsp3) is 0.355. The molecule has 5 nitrogen and oxygen atoms in total. The van der Waals surface area contributed by atoms with E-state index in [0.29, 0.717) is 22.2 Å². The maximum atomic E-state index is 13.0. The van der Waals surface area contributed by atoms with Gasteiger partial charge in [0.1, 0.15) is 0 Å². The first kappa shape index (κ1) is 26.7. The van der Waals surface area contributed by atoms with Crippen molar-refractivity contribution in [3.8, 4) is 0 Å². The molecule has 7 heteroatoms. The summed E-state index contributed by atoms with van der Waals surface area (Å²) in [4.78, 5) is 32.3. The Balaban J connectivity index is 1.20. The Morgan fingerprint density at radius 2 is 1.68 bits per heavy atom. The van der Waals surface area contributed by atoms with Crippen LogP contribution in [-0.2, 0) is 6.54 Å². The minimum Gasteiger partial charge on any atom is -0.341 e. The number of fused-ring (bicyclic) bond motifs is 1. The van der Waals surface area contributed by atoms with Crippen LogP contribution in [0.1, 0.15) is 57.0 Å². The molecule has 0 unspecified atom stereocenters. The van der Waals surface area contributed by atoms with Crippen molar-refractivity contribution >= 4 is 35.0 Å². The number of halogens is 2. The van der Waals surface area contributed by atoms with E-state index in [1.807, 2.05) is 73.8 Å². The number of likely N-dealkylation sites (tertiary alicyclic amines) is 1. The number of carbonyl (C=O) groups excluding carboxylic acids is 2. The molecule has 0 radical (unpaired) electrons. The van der Waals surface area contributed by atoms with Gasteiger partial charge in [-0.05, 0) is 67.3 Å². The summed E-state index contributed by atoms with van der Waals surface area (Å²) in [6.07, 6.45) is 2.84. The van der Waals surface area contributed by atoms with Gasteiger partial charge in [-0.1, -0.05) is 65.7 Å². The monoisotopic (exact) mass is 549 g/mol. The Morgan fingerprint density at radius 3 is 2.39 bits per heavy atom. The van der Waals surface area contributed by atoms with Crippen LogP contribution in [0.5, 0.6) is 0 Å². The fourth-order valence-electron chi connectivity index (χ4n) is 5.71. The molecule has 1 atom stereocenters. The number of nitrogens with zero attached hydrogens (tertiary/aromatic N) is 3. The molecule has 3 aromatic rings. The van der Waals surface area contributed by atoms with E-state index in [0.717, 1.165) is 62.1 Å².